The SMILES string of the molecule is Cc1ccc(OCC(=O)NN=Cc2cn(C)c3ccccc23)c(C)c1. The predicted octanol–water partition coefficient (Wildman–Crippen LogP) is 3.32. The lowest BCUT2D eigenvalue weighted by Crippen LogP contribution is -2.24. The number of hydrogen-bond acceptors (Lipinski definition) is 3. The van der Waals surface area contributed by atoms with Gasteiger partial charge < -0.3 is 9.30 Å². The molecule has 0 atom stereocenters. The minimum atomic E-state index is -0.295. The maximum atomic E-state index is 11.9. The predicted molar refractivity (Wildman–Crippen MR) is 100 cm³/mol. The van der Waals surface area contributed by atoms with Crippen LogP contribution in [-0.2, 0) is 11.8 Å². The van der Waals surface area contributed by atoms with Crippen molar-refractivity contribution in [3.05, 3.63) is 65.4 Å². The molecule has 0 saturated carbocycles. The maximum absolute atomic E-state index is 11.9. The van der Waals surface area contributed by atoms with Crippen LogP contribution in [0.4, 0.5) is 0 Å². The van der Waals surface area contributed by atoms with Crippen molar-refractivity contribution < 1.29 is 9.53 Å². The number of aryl methyl sites for hydroxylation is 3. The molecule has 128 valence electrons. The van der Waals surface area contributed by atoms with Crippen LogP contribution in [0.3, 0.4) is 0 Å². The fourth-order valence-electron chi connectivity index (χ4n) is 2.79. The summed E-state index contributed by atoms with van der Waals surface area (Å²) in [5.74, 6) is 0.412. The molecule has 1 heterocycles. The van der Waals surface area contributed by atoms with Crippen LogP contribution in [0.1, 0.15) is 16.7 Å². The van der Waals surface area contributed by atoms with Crippen molar-refractivity contribution in [2.45, 2.75) is 13.8 Å². The number of ether oxygens (including phenoxy) is 1. The molecule has 1 amide bonds. The maximum Gasteiger partial charge on any atom is 0.277 e. The Kier molecular flexibility index (Phi) is 4.84. The summed E-state index contributed by atoms with van der Waals surface area (Å²) in [5.41, 5.74) is 6.74. The van der Waals surface area contributed by atoms with E-state index in [1.54, 1.807) is 6.21 Å². The van der Waals surface area contributed by atoms with Crippen LogP contribution in [-0.4, -0.2) is 23.3 Å². The van der Waals surface area contributed by atoms with Crippen molar-refractivity contribution in [2.75, 3.05) is 6.61 Å². The molecule has 25 heavy (non-hydrogen) atoms. The number of rotatable bonds is 5. The fourth-order valence-corrected chi connectivity index (χ4v) is 2.79. The topological polar surface area (TPSA) is 55.6 Å². The lowest BCUT2D eigenvalue weighted by molar-refractivity contribution is -0.123. The summed E-state index contributed by atoms with van der Waals surface area (Å²) in [6, 6.07) is 13.9. The Morgan fingerprint density at radius 1 is 1.24 bits per heavy atom. The molecule has 1 aromatic heterocycles. The average Bonchev–Trinajstić information content (AvgIpc) is 2.91. The molecule has 2 aromatic carbocycles. The molecule has 1 N–H and O–H groups in total. The Morgan fingerprint density at radius 3 is 2.84 bits per heavy atom. The highest BCUT2D eigenvalue weighted by molar-refractivity contribution is 5.99. The quantitative estimate of drug-likeness (QED) is 0.574. The second kappa shape index (κ2) is 7.21. The normalized spacial score (nSPS) is 11.2. The van der Waals surface area contributed by atoms with E-state index >= 15 is 0 Å². The Balaban J connectivity index is 1.59. The highest BCUT2D eigenvalue weighted by atomic mass is 16.5. The average molecular weight is 335 g/mol. The molecule has 0 bridgehead atoms. The summed E-state index contributed by atoms with van der Waals surface area (Å²) < 4.78 is 7.57. The summed E-state index contributed by atoms with van der Waals surface area (Å²) in [4.78, 5) is 11.9. The lowest BCUT2D eigenvalue weighted by atomic mass is 10.1. The van der Waals surface area contributed by atoms with Crippen molar-refractivity contribution in [1.29, 1.82) is 0 Å². The van der Waals surface area contributed by atoms with Crippen molar-refractivity contribution >= 4 is 23.0 Å². The third-order valence-corrected chi connectivity index (χ3v) is 4.01. The Hall–Kier alpha value is -3.08. The van der Waals surface area contributed by atoms with Gasteiger partial charge in [-0.25, -0.2) is 5.43 Å². The first-order chi connectivity index (χ1) is 12.0. The molecule has 0 aliphatic heterocycles. The third kappa shape index (κ3) is 3.88. The minimum absolute atomic E-state index is 0.0726. The molecule has 0 aliphatic rings. The van der Waals surface area contributed by atoms with E-state index in [2.05, 4.69) is 10.5 Å². The standard InChI is InChI=1S/C20H21N3O2/c1-14-8-9-19(15(2)10-14)25-13-20(24)22-21-11-16-12-23(3)18-7-5-4-6-17(16)18/h4-12H,13H2,1-3H3,(H,22,24). The molecule has 3 aromatic rings. The van der Waals surface area contributed by atoms with E-state index < -0.39 is 0 Å². The number of nitrogens with one attached hydrogen (secondary N) is 1. The summed E-state index contributed by atoms with van der Waals surface area (Å²) in [5, 5.41) is 5.13. The lowest BCUT2D eigenvalue weighted by Gasteiger charge is -2.08. The molecular formula is C20H21N3O2. The molecule has 5 heteroatoms. The number of hydrazone groups is 1. The van der Waals surface area contributed by atoms with E-state index in [4.69, 9.17) is 4.74 Å². The molecule has 5 nitrogen and oxygen atoms in total. The molecular weight excluding hydrogens is 314 g/mol. The van der Waals surface area contributed by atoms with Crippen LogP contribution in [0.25, 0.3) is 10.9 Å². The van der Waals surface area contributed by atoms with Gasteiger partial charge in [-0.15, -0.1) is 0 Å². The van der Waals surface area contributed by atoms with Gasteiger partial charge >= 0.3 is 0 Å². The van der Waals surface area contributed by atoms with E-state index in [9.17, 15) is 4.79 Å². The Labute approximate surface area is 146 Å². The fraction of sp³-hybridized carbons (Fsp3) is 0.200. The molecule has 0 radical (unpaired) electrons. The van der Waals surface area contributed by atoms with Gasteiger partial charge in [0, 0.05) is 29.7 Å². The van der Waals surface area contributed by atoms with Crippen LogP contribution in [0.5, 0.6) is 5.75 Å². The number of carbonyl (C=O) groups is 1. The van der Waals surface area contributed by atoms with E-state index in [0.717, 1.165) is 27.6 Å². The summed E-state index contributed by atoms with van der Waals surface area (Å²) in [6.45, 7) is 3.90. The number of hydrogen-bond donors (Lipinski definition) is 1. The number of amides is 1. The first-order valence-electron chi connectivity index (χ1n) is 8.10. The van der Waals surface area contributed by atoms with Gasteiger partial charge in [0.2, 0.25) is 0 Å². The number of benzene rings is 2. The summed E-state index contributed by atoms with van der Waals surface area (Å²) in [6.07, 6.45) is 3.63. The smallest absolute Gasteiger partial charge is 0.277 e. The first-order valence-corrected chi connectivity index (χ1v) is 8.10. The van der Waals surface area contributed by atoms with Crippen molar-refractivity contribution in [1.82, 2.24) is 9.99 Å². The molecule has 0 unspecified atom stereocenters. The van der Waals surface area contributed by atoms with Crippen molar-refractivity contribution in [2.24, 2.45) is 12.1 Å². The Bertz CT molecular complexity index is 941. The zero-order valence-electron chi connectivity index (χ0n) is 14.6. The number of carbonyl (C=O) groups excluding carboxylic acids is 1. The van der Waals surface area contributed by atoms with E-state index in [-0.39, 0.29) is 12.5 Å². The highest BCUT2D eigenvalue weighted by Crippen LogP contribution is 2.19. The van der Waals surface area contributed by atoms with E-state index in [1.807, 2.05) is 74.1 Å². The van der Waals surface area contributed by atoms with Crippen molar-refractivity contribution in [3.63, 3.8) is 0 Å². The highest BCUT2D eigenvalue weighted by Gasteiger charge is 2.05. The monoisotopic (exact) mass is 335 g/mol. The van der Waals surface area contributed by atoms with Crippen LogP contribution >= 0.6 is 0 Å². The van der Waals surface area contributed by atoms with E-state index in [1.165, 1.54) is 0 Å². The second-order valence-electron chi connectivity index (χ2n) is 6.06. The van der Waals surface area contributed by atoms with Crippen LogP contribution in [0, 0.1) is 13.8 Å². The van der Waals surface area contributed by atoms with Gasteiger partial charge in [0.05, 0.1) is 6.21 Å². The van der Waals surface area contributed by atoms with Gasteiger partial charge in [-0.2, -0.15) is 5.10 Å². The largest absolute Gasteiger partial charge is 0.483 e. The number of aromatic nitrogens is 1. The van der Waals surface area contributed by atoms with E-state index in [0.29, 0.717) is 5.75 Å². The van der Waals surface area contributed by atoms with Gasteiger partial charge in [0.15, 0.2) is 6.61 Å². The third-order valence-electron chi connectivity index (χ3n) is 4.01. The van der Waals surface area contributed by atoms with Gasteiger partial charge in [-0.3, -0.25) is 4.79 Å². The van der Waals surface area contributed by atoms with Crippen LogP contribution < -0.4 is 10.2 Å². The number of fused-ring (bicyclic) bond motifs is 1. The molecule has 0 fully saturated rings. The van der Waals surface area contributed by atoms with Gasteiger partial charge in [-0.05, 0) is 31.5 Å². The van der Waals surface area contributed by atoms with Gasteiger partial charge in [-0.1, -0.05) is 35.9 Å². The molecule has 0 aliphatic carbocycles. The van der Waals surface area contributed by atoms with Crippen LogP contribution in [0.2, 0.25) is 0 Å². The Morgan fingerprint density at radius 2 is 2.04 bits per heavy atom. The van der Waals surface area contributed by atoms with Crippen molar-refractivity contribution in [3.8, 4) is 5.75 Å². The minimum Gasteiger partial charge on any atom is -0.483 e. The summed E-state index contributed by atoms with van der Waals surface area (Å²) in [7, 11) is 1.98. The molecule has 0 saturated heterocycles. The number of nitrogens with zero attached hydrogens (tertiary/aromatic N) is 2. The van der Waals surface area contributed by atoms with Gasteiger partial charge in [0.25, 0.3) is 5.91 Å². The first kappa shape index (κ1) is 16.8. The van der Waals surface area contributed by atoms with Gasteiger partial charge in [0.1, 0.15) is 5.75 Å². The summed E-state index contributed by atoms with van der Waals surface area (Å²) >= 11 is 0. The van der Waals surface area contributed by atoms with Crippen LogP contribution in [0.15, 0.2) is 53.8 Å². The molecule has 3 rings (SSSR count). The zero-order chi connectivity index (χ0) is 17.8. The molecule has 0 spiro atoms. The second-order valence-corrected chi connectivity index (χ2v) is 6.06. The zero-order valence-corrected chi connectivity index (χ0v) is 14.6. The number of para-hydroxylation sites is 1.